The highest BCUT2D eigenvalue weighted by Gasteiger charge is 2.08. The summed E-state index contributed by atoms with van der Waals surface area (Å²) in [4.78, 5) is 34.1. The molecule has 0 heterocycles. The van der Waals surface area contributed by atoms with Crippen molar-refractivity contribution in [1.82, 2.24) is 15.5 Å². The number of likely N-dealkylation sites (N-methyl/N-ethyl adjacent to an activating group) is 1. The molecule has 3 amide bonds. The van der Waals surface area contributed by atoms with Gasteiger partial charge in [0.1, 0.15) is 13.2 Å². The van der Waals surface area contributed by atoms with Gasteiger partial charge in [0.25, 0.3) is 5.91 Å². The number of urea groups is 1. The minimum Gasteiger partial charge on any atom is -0.480 e. The zero-order valence-electron chi connectivity index (χ0n) is 9.86. The molecule has 0 saturated heterocycles. The van der Waals surface area contributed by atoms with Crippen LogP contribution in [0.25, 0.3) is 0 Å². The minimum atomic E-state index is -1.17. The van der Waals surface area contributed by atoms with Crippen LogP contribution >= 0.6 is 0 Å². The van der Waals surface area contributed by atoms with Gasteiger partial charge in [-0.1, -0.05) is 0 Å². The number of amides is 3. The van der Waals surface area contributed by atoms with E-state index in [4.69, 9.17) is 5.11 Å². The summed E-state index contributed by atoms with van der Waals surface area (Å²) in [6.07, 6.45) is 0. The van der Waals surface area contributed by atoms with Crippen molar-refractivity contribution >= 4 is 17.9 Å². The second kappa shape index (κ2) is 8.48. The number of nitrogens with zero attached hydrogens (tertiary/aromatic N) is 1. The molecule has 8 nitrogen and oxygen atoms in total. The van der Waals surface area contributed by atoms with E-state index in [2.05, 4.69) is 10.1 Å². The zero-order chi connectivity index (χ0) is 13.3. The monoisotopic (exact) mass is 247 g/mol. The Kier molecular flexibility index (Phi) is 7.65. The third-order valence-electron chi connectivity index (χ3n) is 1.56. The zero-order valence-corrected chi connectivity index (χ0v) is 9.86. The largest absolute Gasteiger partial charge is 0.480 e. The summed E-state index contributed by atoms with van der Waals surface area (Å²) in [5.41, 5.74) is 0. The maximum atomic E-state index is 11.1. The lowest BCUT2D eigenvalue weighted by Gasteiger charge is -2.10. The Balaban J connectivity index is 3.59. The Labute approximate surface area is 98.9 Å². The molecule has 0 radical (unpaired) electrons. The van der Waals surface area contributed by atoms with Gasteiger partial charge in [0.2, 0.25) is 0 Å². The summed E-state index contributed by atoms with van der Waals surface area (Å²) < 4.78 is 4.50. The van der Waals surface area contributed by atoms with E-state index in [1.54, 1.807) is 0 Å². The van der Waals surface area contributed by atoms with Gasteiger partial charge in [-0.15, -0.1) is 0 Å². The molecular weight excluding hydrogens is 230 g/mol. The Bertz CT molecular complexity index is 280. The number of imide groups is 1. The van der Waals surface area contributed by atoms with E-state index >= 15 is 0 Å². The fraction of sp³-hybridized carbons (Fsp3) is 0.667. The number of rotatable bonds is 7. The van der Waals surface area contributed by atoms with Crippen LogP contribution < -0.4 is 10.6 Å². The van der Waals surface area contributed by atoms with Gasteiger partial charge in [0.15, 0.2) is 0 Å². The molecule has 0 atom stereocenters. The third kappa shape index (κ3) is 10.6. The van der Waals surface area contributed by atoms with Crippen LogP contribution in [0, 0.1) is 0 Å². The lowest BCUT2D eigenvalue weighted by molar-refractivity contribution is -0.143. The summed E-state index contributed by atoms with van der Waals surface area (Å²) in [5, 5.41) is 12.7. The fourth-order valence-corrected chi connectivity index (χ4v) is 0.831. The van der Waals surface area contributed by atoms with Gasteiger partial charge in [0.05, 0.1) is 0 Å². The molecular formula is C9H17N3O5. The van der Waals surface area contributed by atoms with Crippen LogP contribution in [0.1, 0.15) is 0 Å². The third-order valence-corrected chi connectivity index (χ3v) is 1.56. The molecule has 98 valence electrons. The molecule has 0 unspecified atom stereocenters. The Morgan fingerprint density at radius 1 is 1.24 bits per heavy atom. The molecule has 3 N–H and O–H groups in total. The van der Waals surface area contributed by atoms with Crippen molar-refractivity contribution in [3.8, 4) is 0 Å². The number of carbonyl (C=O) groups excluding carboxylic acids is 2. The van der Waals surface area contributed by atoms with Crippen molar-refractivity contribution in [1.29, 1.82) is 0 Å². The summed E-state index contributed by atoms with van der Waals surface area (Å²) >= 11 is 0. The van der Waals surface area contributed by atoms with Crippen molar-refractivity contribution in [2.75, 3.05) is 40.4 Å². The number of carboxylic acids is 1. The number of carboxylic acid groups (broad SMARTS) is 1. The number of ether oxygens (including phenoxy) is 1. The fourth-order valence-electron chi connectivity index (χ4n) is 0.831. The topological polar surface area (TPSA) is 108 Å². The number of carbonyl (C=O) groups is 3. The van der Waals surface area contributed by atoms with Crippen LogP contribution in [0.15, 0.2) is 0 Å². The summed E-state index contributed by atoms with van der Waals surface area (Å²) in [6.45, 7) is 0.0162. The van der Waals surface area contributed by atoms with Gasteiger partial charge in [0, 0.05) is 13.1 Å². The molecule has 17 heavy (non-hydrogen) atoms. The van der Waals surface area contributed by atoms with Crippen molar-refractivity contribution in [3.05, 3.63) is 0 Å². The van der Waals surface area contributed by atoms with E-state index in [1.165, 1.54) is 0 Å². The predicted molar refractivity (Wildman–Crippen MR) is 58.6 cm³/mol. The van der Waals surface area contributed by atoms with Gasteiger partial charge in [-0.2, -0.15) is 0 Å². The Hall–Kier alpha value is -1.67. The average molecular weight is 247 g/mol. The smallest absolute Gasteiger partial charge is 0.329 e. The summed E-state index contributed by atoms with van der Waals surface area (Å²) in [7, 11) is 3.70. The Morgan fingerprint density at radius 2 is 1.88 bits per heavy atom. The maximum Gasteiger partial charge on any atom is 0.329 e. The molecule has 0 aliphatic heterocycles. The molecule has 0 bridgehead atoms. The van der Waals surface area contributed by atoms with E-state index in [1.807, 2.05) is 24.3 Å². The molecule has 0 aromatic heterocycles. The lowest BCUT2D eigenvalue weighted by Crippen LogP contribution is -2.43. The summed E-state index contributed by atoms with van der Waals surface area (Å²) in [6, 6.07) is -0.629. The second-order valence-electron chi connectivity index (χ2n) is 3.49. The number of hydrogen-bond acceptors (Lipinski definition) is 5. The van der Waals surface area contributed by atoms with Crippen LogP contribution in [0.3, 0.4) is 0 Å². The van der Waals surface area contributed by atoms with Crippen molar-refractivity contribution < 1.29 is 24.2 Å². The van der Waals surface area contributed by atoms with Crippen LogP contribution in [0.2, 0.25) is 0 Å². The first-order valence-corrected chi connectivity index (χ1v) is 4.93. The first kappa shape index (κ1) is 15.3. The van der Waals surface area contributed by atoms with Crippen LogP contribution in [-0.2, 0) is 14.3 Å². The normalized spacial score (nSPS) is 10.1. The highest BCUT2D eigenvalue weighted by Crippen LogP contribution is 1.77. The van der Waals surface area contributed by atoms with E-state index < -0.39 is 31.1 Å². The van der Waals surface area contributed by atoms with Gasteiger partial charge in [-0.05, 0) is 14.1 Å². The molecule has 0 rings (SSSR count). The van der Waals surface area contributed by atoms with E-state index in [0.717, 1.165) is 0 Å². The quantitative estimate of drug-likeness (QED) is 0.504. The maximum absolute atomic E-state index is 11.1. The standard InChI is InChI=1S/C9H17N3O5/c1-12(2)4-3-10-9(16)11-7(13)5-17-6-8(14)15/h3-6H2,1-2H3,(H,14,15)(H2,10,11,13,16). The highest BCUT2D eigenvalue weighted by atomic mass is 16.5. The van der Waals surface area contributed by atoms with Gasteiger partial charge in [-0.25, -0.2) is 9.59 Å². The molecule has 0 aromatic carbocycles. The lowest BCUT2D eigenvalue weighted by atomic mass is 10.5. The summed E-state index contributed by atoms with van der Waals surface area (Å²) in [5.74, 6) is -1.86. The van der Waals surface area contributed by atoms with Gasteiger partial charge < -0.3 is 20.1 Å². The molecule has 0 aliphatic carbocycles. The number of nitrogens with one attached hydrogen (secondary N) is 2. The highest BCUT2D eigenvalue weighted by molar-refractivity contribution is 5.94. The van der Waals surface area contributed by atoms with Gasteiger partial charge >= 0.3 is 12.0 Å². The van der Waals surface area contributed by atoms with Crippen LogP contribution in [0.5, 0.6) is 0 Å². The molecule has 0 saturated carbocycles. The van der Waals surface area contributed by atoms with Crippen molar-refractivity contribution in [2.24, 2.45) is 0 Å². The minimum absolute atomic E-state index is 0.405. The molecule has 0 aliphatic rings. The number of aliphatic carboxylic acids is 1. The molecule has 8 heteroatoms. The molecule has 0 aromatic rings. The van der Waals surface area contributed by atoms with E-state index in [-0.39, 0.29) is 0 Å². The van der Waals surface area contributed by atoms with Crippen molar-refractivity contribution in [3.63, 3.8) is 0 Å². The Morgan fingerprint density at radius 3 is 2.41 bits per heavy atom. The SMILES string of the molecule is CN(C)CCNC(=O)NC(=O)COCC(=O)O. The van der Waals surface area contributed by atoms with E-state index in [0.29, 0.717) is 13.1 Å². The van der Waals surface area contributed by atoms with Gasteiger partial charge in [-0.3, -0.25) is 10.1 Å². The predicted octanol–water partition coefficient (Wildman–Crippen LogP) is -1.52. The first-order valence-electron chi connectivity index (χ1n) is 4.93. The first-order chi connectivity index (χ1) is 7.91. The second-order valence-corrected chi connectivity index (χ2v) is 3.49. The molecule has 0 fully saturated rings. The molecule has 0 spiro atoms. The number of hydrogen-bond donors (Lipinski definition) is 3. The average Bonchev–Trinajstić information content (AvgIpc) is 2.15. The van der Waals surface area contributed by atoms with Crippen LogP contribution in [-0.4, -0.2) is 68.3 Å². The van der Waals surface area contributed by atoms with Crippen molar-refractivity contribution in [2.45, 2.75) is 0 Å². The van der Waals surface area contributed by atoms with Crippen LogP contribution in [0.4, 0.5) is 4.79 Å². The van der Waals surface area contributed by atoms with E-state index in [9.17, 15) is 14.4 Å².